The summed E-state index contributed by atoms with van der Waals surface area (Å²) >= 11 is 4.56. The van der Waals surface area contributed by atoms with E-state index in [1.807, 2.05) is 6.20 Å². The van der Waals surface area contributed by atoms with Crippen LogP contribution >= 0.6 is 12.6 Å². The van der Waals surface area contributed by atoms with Gasteiger partial charge in [-0.2, -0.15) is 12.6 Å². The van der Waals surface area contributed by atoms with E-state index in [2.05, 4.69) is 35.3 Å². The third-order valence-corrected chi connectivity index (χ3v) is 4.34. The van der Waals surface area contributed by atoms with Gasteiger partial charge in [-0.25, -0.2) is 4.98 Å². The highest BCUT2D eigenvalue weighted by Crippen LogP contribution is 2.33. The summed E-state index contributed by atoms with van der Waals surface area (Å²) in [7, 11) is 0. The smallest absolute Gasteiger partial charge is 0.108 e. The predicted molar refractivity (Wildman–Crippen MR) is 72.6 cm³/mol. The Labute approximate surface area is 109 Å². The van der Waals surface area contributed by atoms with Crippen LogP contribution in [-0.2, 0) is 17.7 Å². The minimum Gasteiger partial charge on any atom is -0.381 e. The number of ether oxygens (including phenoxy) is 1. The summed E-state index contributed by atoms with van der Waals surface area (Å²) in [6.45, 7) is 4.98. The molecule has 3 nitrogen and oxygen atoms in total. The van der Waals surface area contributed by atoms with Crippen LogP contribution in [0.3, 0.4) is 0 Å². The number of imidazole rings is 1. The maximum Gasteiger partial charge on any atom is 0.108 e. The first kappa shape index (κ1) is 13.0. The van der Waals surface area contributed by atoms with Gasteiger partial charge in [-0.3, -0.25) is 0 Å². The molecular formula is C13H22N2OS. The Morgan fingerprint density at radius 2 is 2.24 bits per heavy atom. The fraction of sp³-hybridized carbons (Fsp3) is 0.769. The molecule has 96 valence electrons. The highest BCUT2D eigenvalue weighted by molar-refractivity contribution is 7.80. The van der Waals surface area contributed by atoms with Crippen molar-refractivity contribution in [3.8, 4) is 0 Å². The Hall–Kier alpha value is -0.480. The van der Waals surface area contributed by atoms with Crippen molar-refractivity contribution in [2.24, 2.45) is 5.41 Å². The van der Waals surface area contributed by atoms with E-state index in [9.17, 15) is 0 Å². The Morgan fingerprint density at radius 1 is 1.47 bits per heavy atom. The molecule has 0 aliphatic carbocycles. The monoisotopic (exact) mass is 254 g/mol. The SMILES string of the molecule is CCCc1nccn1CC1(CS)CCOCC1. The lowest BCUT2D eigenvalue weighted by Gasteiger charge is -2.36. The lowest BCUT2D eigenvalue weighted by molar-refractivity contribution is 0.0178. The summed E-state index contributed by atoms with van der Waals surface area (Å²) in [5, 5.41) is 0. The normalized spacial score (nSPS) is 19.4. The molecule has 0 N–H and O–H groups in total. The first-order chi connectivity index (χ1) is 8.29. The molecule has 0 saturated carbocycles. The zero-order valence-electron chi connectivity index (χ0n) is 10.6. The van der Waals surface area contributed by atoms with Crippen LogP contribution in [-0.4, -0.2) is 28.5 Å². The molecule has 17 heavy (non-hydrogen) atoms. The number of aromatic nitrogens is 2. The number of hydrogen-bond donors (Lipinski definition) is 1. The van der Waals surface area contributed by atoms with Crippen LogP contribution in [0.15, 0.2) is 12.4 Å². The van der Waals surface area contributed by atoms with Crippen LogP contribution in [0, 0.1) is 5.41 Å². The van der Waals surface area contributed by atoms with Crippen LogP contribution in [0.25, 0.3) is 0 Å². The molecule has 4 heteroatoms. The third kappa shape index (κ3) is 3.05. The molecule has 1 aliphatic heterocycles. The van der Waals surface area contributed by atoms with Crippen molar-refractivity contribution in [3.63, 3.8) is 0 Å². The Morgan fingerprint density at radius 3 is 2.88 bits per heavy atom. The molecular weight excluding hydrogens is 232 g/mol. The fourth-order valence-electron chi connectivity index (χ4n) is 2.47. The number of thiol groups is 1. The van der Waals surface area contributed by atoms with Gasteiger partial charge in [0.1, 0.15) is 5.82 Å². The molecule has 0 radical (unpaired) electrons. The summed E-state index contributed by atoms with van der Waals surface area (Å²) in [6.07, 6.45) is 8.45. The second-order valence-corrected chi connectivity index (χ2v) is 5.31. The van der Waals surface area contributed by atoms with Crippen molar-refractivity contribution in [2.45, 2.75) is 39.2 Å². The van der Waals surface area contributed by atoms with E-state index in [1.54, 1.807) is 0 Å². The molecule has 0 spiro atoms. The van der Waals surface area contributed by atoms with E-state index in [4.69, 9.17) is 4.74 Å². The van der Waals surface area contributed by atoms with Gasteiger partial charge < -0.3 is 9.30 Å². The van der Waals surface area contributed by atoms with E-state index < -0.39 is 0 Å². The van der Waals surface area contributed by atoms with Crippen molar-refractivity contribution < 1.29 is 4.74 Å². The zero-order valence-corrected chi connectivity index (χ0v) is 11.5. The fourth-order valence-corrected chi connectivity index (χ4v) is 2.88. The Balaban J connectivity index is 2.09. The predicted octanol–water partition coefficient (Wildman–Crippen LogP) is 2.56. The van der Waals surface area contributed by atoms with E-state index in [1.165, 1.54) is 5.82 Å². The molecule has 0 unspecified atom stereocenters. The summed E-state index contributed by atoms with van der Waals surface area (Å²) < 4.78 is 7.78. The second-order valence-electron chi connectivity index (χ2n) is 4.99. The van der Waals surface area contributed by atoms with Crippen LogP contribution < -0.4 is 0 Å². The molecule has 1 saturated heterocycles. The molecule has 1 fully saturated rings. The van der Waals surface area contributed by atoms with Crippen molar-refractivity contribution >= 4 is 12.6 Å². The standard InChI is InChI=1S/C13H22N2OS/c1-2-3-12-14-6-7-15(12)10-13(11-17)4-8-16-9-5-13/h6-7,17H,2-5,8-11H2,1H3. The van der Waals surface area contributed by atoms with Gasteiger partial charge >= 0.3 is 0 Å². The first-order valence-electron chi connectivity index (χ1n) is 6.48. The van der Waals surface area contributed by atoms with Crippen molar-refractivity contribution in [2.75, 3.05) is 19.0 Å². The lowest BCUT2D eigenvalue weighted by Crippen LogP contribution is -2.35. The minimum atomic E-state index is 0.296. The van der Waals surface area contributed by atoms with E-state index >= 15 is 0 Å². The maximum atomic E-state index is 5.46. The minimum absolute atomic E-state index is 0.296. The van der Waals surface area contributed by atoms with Crippen LogP contribution in [0.5, 0.6) is 0 Å². The molecule has 0 aromatic carbocycles. The average molecular weight is 254 g/mol. The zero-order chi connectivity index (χ0) is 12.1. The van der Waals surface area contributed by atoms with Crippen LogP contribution in [0.1, 0.15) is 32.0 Å². The molecule has 1 aromatic heterocycles. The largest absolute Gasteiger partial charge is 0.381 e. The molecule has 0 bridgehead atoms. The number of hydrogen-bond acceptors (Lipinski definition) is 3. The summed E-state index contributed by atoms with van der Waals surface area (Å²) in [5.74, 6) is 2.14. The van der Waals surface area contributed by atoms with Gasteiger partial charge in [0.25, 0.3) is 0 Å². The van der Waals surface area contributed by atoms with Crippen LogP contribution in [0.4, 0.5) is 0 Å². The first-order valence-corrected chi connectivity index (χ1v) is 7.11. The van der Waals surface area contributed by atoms with Gasteiger partial charge in [-0.05, 0) is 25.0 Å². The molecule has 0 amide bonds. The highest BCUT2D eigenvalue weighted by Gasteiger charge is 2.32. The maximum absolute atomic E-state index is 5.46. The average Bonchev–Trinajstić information content (AvgIpc) is 2.78. The summed E-state index contributed by atoms with van der Waals surface area (Å²) in [4.78, 5) is 4.44. The Bertz CT molecular complexity index is 345. The third-order valence-electron chi connectivity index (χ3n) is 3.67. The van der Waals surface area contributed by atoms with Crippen molar-refractivity contribution in [1.82, 2.24) is 9.55 Å². The van der Waals surface area contributed by atoms with E-state index in [-0.39, 0.29) is 0 Å². The van der Waals surface area contributed by atoms with Gasteiger partial charge in [-0.1, -0.05) is 6.92 Å². The van der Waals surface area contributed by atoms with Crippen molar-refractivity contribution in [3.05, 3.63) is 18.2 Å². The number of aryl methyl sites for hydroxylation is 1. The molecule has 1 aliphatic rings. The quantitative estimate of drug-likeness (QED) is 0.818. The number of rotatable bonds is 5. The van der Waals surface area contributed by atoms with Gasteiger partial charge in [-0.15, -0.1) is 0 Å². The van der Waals surface area contributed by atoms with Gasteiger partial charge in [0, 0.05) is 44.0 Å². The molecule has 0 atom stereocenters. The topological polar surface area (TPSA) is 27.1 Å². The van der Waals surface area contributed by atoms with Crippen LogP contribution in [0.2, 0.25) is 0 Å². The van der Waals surface area contributed by atoms with Crippen molar-refractivity contribution in [1.29, 1.82) is 0 Å². The van der Waals surface area contributed by atoms with Gasteiger partial charge in [0.2, 0.25) is 0 Å². The summed E-state index contributed by atoms with van der Waals surface area (Å²) in [6, 6.07) is 0. The molecule has 2 heterocycles. The molecule has 2 rings (SSSR count). The Kier molecular flexibility index (Phi) is 4.51. The van der Waals surface area contributed by atoms with Gasteiger partial charge in [0.15, 0.2) is 0 Å². The van der Waals surface area contributed by atoms with E-state index in [0.29, 0.717) is 5.41 Å². The molecule has 1 aromatic rings. The second kappa shape index (κ2) is 5.91. The lowest BCUT2D eigenvalue weighted by atomic mass is 9.82. The summed E-state index contributed by atoms with van der Waals surface area (Å²) in [5.41, 5.74) is 0.296. The van der Waals surface area contributed by atoms with E-state index in [0.717, 1.165) is 51.2 Å². The van der Waals surface area contributed by atoms with Gasteiger partial charge in [0.05, 0.1) is 0 Å². The number of nitrogens with zero attached hydrogens (tertiary/aromatic N) is 2. The highest BCUT2D eigenvalue weighted by atomic mass is 32.1.